The normalized spacial score (nSPS) is 15.2. The highest BCUT2D eigenvalue weighted by Crippen LogP contribution is 2.01. The number of amides is 3. The second-order valence-corrected chi connectivity index (χ2v) is 6.27. The maximum Gasteiger partial charge on any atom is 0.326 e. The minimum atomic E-state index is -1.53. The molecule has 0 saturated carbocycles. The Labute approximate surface area is 155 Å². The van der Waals surface area contributed by atoms with Crippen LogP contribution in [0, 0.1) is 5.92 Å². The minimum absolute atomic E-state index is 0.400. The van der Waals surface area contributed by atoms with Crippen molar-refractivity contribution in [2.45, 2.75) is 51.4 Å². The lowest BCUT2D eigenvalue weighted by atomic mass is 10.0. The van der Waals surface area contributed by atoms with Crippen molar-refractivity contribution in [2.75, 3.05) is 6.54 Å². The molecule has 0 rings (SSSR count). The molecular formula is C15H26N4O8. The smallest absolute Gasteiger partial charge is 0.326 e. The van der Waals surface area contributed by atoms with Crippen LogP contribution in [0.2, 0.25) is 0 Å². The number of hydrogen-bond donors (Lipinski definition) is 7. The minimum Gasteiger partial charge on any atom is -0.481 e. The number of aliphatic hydroxyl groups excluding tert-OH is 1. The van der Waals surface area contributed by atoms with Gasteiger partial charge >= 0.3 is 11.9 Å². The van der Waals surface area contributed by atoms with E-state index in [4.69, 9.17) is 15.9 Å². The number of carbonyl (C=O) groups excluding carboxylic acids is 3. The fraction of sp³-hybridized carbons (Fsp3) is 0.667. The molecule has 12 nitrogen and oxygen atoms in total. The zero-order chi connectivity index (χ0) is 21.3. The third kappa shape index (κ3) is 8.96. The Balaban J connectivity index is 4.86. The van der Waals surface area contributed by atoms with Gasteiger partial charge in [-0.25, -0.2) is 4.79 Å². The second kappa shape index (κ2) is 11.1. The Kier molecular flexibility index (Phi) is 9.96. The van der Waals surface area contributed by atoms with Crippen LogP contribution in [0.15, 0.2) is 0 Å². The molecule has 0 aliphatic rings. The molecule has 154 valence electrons. The van der Waals surface area contributed by atoms with Crippen LogP contribution in [0.25, 0.3) is 0 Å². The topological polar surface area (TPSA) is 208 Å². The third-order valence-corrected chi connectivity index (χ3v) is 3.51. The molecule has 0 aromatic carbocycles. The van der Waals surface area contributed by atoms with Gasteiger partial charge < -0.3 is 37.0 Å². The van der Waals surface area contributed by atoms with Gasteiger partial charge in [0.25, 0.3) is 0 Å². The lowest BCUT2D eigenvalue weighted by Crippen LogP contribution is -2.56. The average Bonchev–Trinajstić information content (AvgIpc) is 2.54. The van der Waals surface area contributed by atoms with E-state index in [-0.39, 0.29) is 0 Å². The second-order valence-electron chi connectivity index (χ2n) is 6.27. The van der Waals surface area contributed by atoms with Crippen molar-refractivity contribution in [3.63, 3.8) is 0 Å². The van der Waals surface area contributed by atoms with E-state index in [0.717, 1.165) is 0 Å². The van der Waals surface area contributed by atoms with E-state index in [1.54, 1.807) is 13.8 Å². The van der Waals surface area contributed by atoms with Crippen LogP contribution in [0.3, 0.4) is 0 Å². The van der Waals surface area contributed by atoms with Crippen LogP contribution in [0.5, 0.6) is 0 Å². The van der Waals surface area contributed by atoms with E-state index < -0.39 is 72.8 Å². The zero-order valence-corrected chi connectivity index (χ0v) is 15.3. The predicted molar refractivity (Wildman–Crippen MR) is 91.3 cm³/mol. The van der Waals surface area contributed by atoms with Crippen molar-refractivity contribution in [2.24, 2.45) is 11.7 Å². The first-order valence-corrected chi connectivity index (χ1v) is 8.12. The van der Waals surface area contributed by atoms with Gasteiger partial charge in [-0.2, -0.15) is 0 Å². The molecule has 0 bridgehead atoms. The van der Waals surface area contributed by atoms with E-state index in [0.29, 0.717) is 0 Å². The van der Waals surface area contributed by atoms with Crippen molar-refractivity contribution in [1.29, 1.82) is 0 Å². The summed E-state index contributed by atoms with van der Waals surface area (Å²) in [6.45, 7) is 3.79. The summed E-state index contributed by atoms with van der Waals surface area (Å²) in [7, 11) is 0. The molecule has 4 unspecified atom stereocenters. The molecule has 0 aliphatic heterocycles. The highest BCUT2D eigenvalue weighted by Gasteiger charge is 2.28. The number of nitrogens with one attached hydrogen (secondary N) is 3. The molecule has 0 aromatic heterocycles. The van der Waals surface area contributed by atoms with Gasteiger partial charge in [-0.15, -0.1) is 0 Å². The van der Waals surface area contributed by atoms with Gasteiger partial charge in [-0.1, -0.05) is 13.8 Å². The summed E-state index contributed by atoms with van der Waals surface area (Å²) in [5, 5.41) is 33.6. The van der Waals surface area contributed by atoms with Crippen molar-refractivity contribution in [3.05, 3.63) is 0 Å². The van der Waals surface area contributed by atoms with Crippen LogP contribution in [0.1, 0.15) is 27.2 Å². The Morgan fingerprint density at radius 3 is 1.93 bits per heavy atom. The van der Waals surface area contributed by atoms with Gasteiger partial charge in [-0.3, -0.25) is 19.2 Å². The standard InChI is InChI=1S/C15H26N4O8/c1-6(2)12(15(26)27)19-9(21)5-17-13(24)8(4-10(22)23)18-14(25)11(16)7(3)20/h6-8,11-12,20H,4-5,16H2,1-3H3,(H,17,24)(H,18,25)(H,19,21)(H,22,23)(H,26,27). The number of nitrogens with two attached hydrogens (primary N) is 1. The van der Waals surface area contributed by atoms with Crippen molar-refractivity contribution >= 4 is 29.7 Å². The summed E-state index contributed by atoms with van der Waals surface area (Å²) in [5.74, 6) is -5.76. The lowest BCUT2D eigenvalue weighted by Gasteiger charge is -2.21. The summed E-state index contributed by atoms with van der Waals surface area (Å²) in [6, 6.07) is -4.07. The Morgan fingerprint density at radius 2 is 1.52 bits per heavy atom. The monoisotopic (exact) mass is 390 g/mol. The van der Waals surface area contributed by atoms with Crippen LogP contribution in [-0.2, 0) is 24.0 Å². The Bertz CT molecular complexity index is 578. The molecule has 0 aromatic rings. The number of aliphatic carboxylic acids is 2. The third-order valence-electron chi connectivity index (χ3n) is 3.51. The highest BCUT2D eigenvalue weighted by atomic mass is 16.4. The molecule has 0 saturated heterocycles. The van der Waals surface area contributed by atoms with E-state index >= 15 is 0 Å². The molecule has 12 heteroatoms. The van der Waals surface area contributed by atoms with Gasteiger partial charge in [0, 0.05) is 0 Å². The number of rotatable bonds is 11. The first-order chi connectivity index (χ1) is 12.4. The fourth-order valence-corrected chi connectivity index (χ4v) is 1.90. The van der Waals surface area contributed by atoms with Crippen molar-refractivity contribution in [3.8, 4) is 0 Å². The highest BCUT2D eigenvalue weighted by molar-refractivity contribution is 5.94. The number of carboxylic acid groups (broad SMARTS) is 2. The van der Waals surface area contributed by atoms with E-state index in [1.807, 2.05) is 0 Å². The summed E-state index contributed by atoms with van der Waals surface area (Å²) in [6.07, 6.45) is -2.01. The summed E-state index contributed by atoms with van der Waals surface area (Å²) in [5.41, 5.74) is 5.41. The first-order valence-electron chi connectivity index (χ1n) is 8.12. The Morgan fingerprint density at radius 1 is 0.963 bits per heavy atom. The van der Waals surface area contributed by atoms with Crippen LogP contribution < -0.4 is 21.7 Å². The number of aliphatic hydroxyl groups is 1. The van der Waals surface area contributed by atoms with Crippen LogP contribution >= 0.6 is 0 Å². The van der Waals surface area contributed by atoms with Gasteiger partial charge in [0.1, 0.15) is 18.1 Å². The molecule has 3 amide bonds. The summed E-state index contributed by atoms with van der Waals surface area (Å²) < 4.78 is 0. The number of carboxylic acids is 2. The van der Waals surface area contributed by atoms with E-state index in [9.17, 15) is 29.1 Å². The summed E-state index contributed by atoms with van der Waals surface area (Å²) in [4.78, 5) is 57.6. The summed E-state index contributed by atoms with van der Waals surface area (Å²) >= 11 is 0. The largest absolute Gasteiger partial charge is 0.481 e. The molecule has 8 N–H and O–H groups in total. The van der Waals surface area contributed by atoms with Crippen molar-refractivity contribution in [1.82, 2.24) is 16.0 Å². The zero-order valence-electron chi connectivity index (χ0n) is 15.3. The van der Waals surface area contributed by atoms with Gasteiger partial charge in [0.15, 0.2) is 0 Å². The predicted octanol–water partition coefficient (Wildman–Crippen LogP) is -3.00. The van der Waals surface area contributed by atoms with Crippen molar-refractivity contribution < 1.29 is 39.3 Å². The van der Waals surface area contributed by atoms with Crippen LogP contribution in [-0.4, -0.2) is 75.8 Å². The molecule has 27 heavy (non-hydrogen) atoms. The van der Waals surface area contributed by atoms with E-state index in [1.165, 1.54) is 6.92 Å². The maximum absolute atomic E-state index is 12.1. The number of carbonyl (C=O) groups is 5. The average molecular weight is 390 g/mol. The quantitative estimate of drug-likeness (QED) is 0.191. The fourth-order valence-electron chi connectivity index (χ4n) is 1.90. The number of hydrogen-bond acceptors (Lipinski definition) is 7. The molecule has 0 aliphatic carbocycles. The molecule has 0 heterocycles. The van der Waals surface area contributed by atoms with Crippen LogP contribution in [0.4, 0.5) is 0 Å². The lowest BCUT2D eigenvalue weighted by molar-refractivity contribution is -0.143. The van der Waals surface area contributed by atoms with E-state index in [2.05, 4.69) is 16.0 Å². The molecular weight excluding hydrogens is 364 g/mol. The van der Waals surface area contributed by atoms with Gasteiger partial charge in [0.05, 0.1) is 19.1 Å². The van der Waals surface area contributed by atoms with Gasteiger partial charge in [-0.05, 0) is 12.8 Å². The molecule has 0 radical (unpaired) electrons. The SMILES string of the molecule is CC(C)C(NC(=O)CNC(=O)C(CC(=O)O)NC(=O)C(N)C(C)O)C(=O)O. The Hall–Kier alpha value is -2.73. The van der Waals surface area contributed by atoms with Gasteiger partial charge in [0.2, 0.25) is 17.7 Å². The maximum atomic E-state index is 12.1. The first kappa shape index (κ1) is 24.3. The molecule has 0 spiro atoms. The molecule has 0 fully saturated rings. The molecule has 4 atom stereocenters.